The number of nitrogens with zero attached hydrogens (tertiary/aromatic N) is 1. The minimum Gasteiger partial charge on any atom is -0.507 e. The summed E-state index contributed by atoms with van der Waals surface area (Å²) in [6, 6.07) is 13.7. The molecule has 0 bridgehead atoms. The van der Waals surface area contributed by atoms with Crippen molar-refractivity contribution in [1.29, 1.82) is 0 Å². The SMILES string of the molecule is CCOc1cc(/C=N\NC(=O)c2cc(Cl)ccc2O)ccc1OC(=O)c1ccc(F)cc1. The second-order valence-corrected chi connectivity index (χ2v) is 6.83. The standard InChI is InChI=1S/C23H18ClFN2O5/c1-2-31-21-11-14(13-26-27-22(29)18-12-16(24)6-9-19(18)28)3-10-20(21)32-23(30)15-4-7-17(25)8-5-15/h3-13,28H,2H2,1H3,(H,27,29)/b26-13-. The normalized spacial score (nSPS) is 10.7. The Bertz CT molecular complexity index is 1170. The van der Waals surface area contributed by atoms with E-state index in [1.54, 1.807) is 19.1 Å². The van der Waals surface area contributed by atoms with Crippen LogP contribution in [-0.2, 0) is 0 Å². The Kier molecular flexibility index (Phi) is 7.41. The lowest BCUT2D eigenvalue weighted by atomic mass is 10.2. The van der Waals surface area contributed by atoms with Crippen molar-refractivity contribution in [2.75, 3.05) is 6.61 Å². The van der Waals surface area contributed by atoms with Crippen LogP contribution in [0.5, 0.6) is 17.2 Å². The van der Waals surface area contributed by atoms with Gasteiger partial charge in [0.2, 0.25) is 0 Å². The van der Waals surface area contributed by atoms with E-state index in [0.29, 0.717) is 17.2 Å². The average Bonchev–Trinajstić information content (AvgIpc) is 2.77. The Hall–Kier alpha value is -3.91. The summed E-state index contributed by atoms with van der Waals surface area (Å²) < 4.78 is 23.9. The molecule has 0 aliphatic heterocycles. The van der Waals surface area contributed by atoms with Crippen LogP contribution in [0.3, 0.4) is 0 Å². The summed E-state index contributed by atoms with van der Waals surface area (Å²) in [7, 11) is 0. The molecule has 7 nitrogen and oxygen atoms in total. The lowest BCUT2D eigenvalue weighted by molar-refractivity contribution is 0.0728. The minimum absolute atomic E-state index is 0.0206. The number of hydrogen-bond donors (Lipinski definition) is 2. The van der Waals surface area contributed by atoms with Gasteiger partial charge in [-0.2, -0.15) is 5.10 Å². The quantitative estimate of drug-likeness (QED) is 0.235. The summed E-state index contributed by atoms with van der Waals surface area (Å²) in [4.78, 5) is 24.5. The number of rotatable bonds is 7. The van der Waals surface area contributed by atoms with Crippen LogP contribution < -0.4 is 14.9 Å². The van der Waals surface area contributed by atoms with Crippen LogP contribution in [-0.4, -0.2) is 29.8 Å². The van der Waals surface area contributed by atoms with Gasteiger partial charge in [-0.3, -0.25) is 4.79 Å². The number of amides is 1. The summed E-state index contributed by atoms with van der Waals surface area (Å²) in [5, 5.41) is 13.9. The number of esters is 1. The van der Waals surface area contributed by atoms with Crippen molar-refractivity contribution < 1.29 is 28.6 Å². The van der Waals surface area contributed by atoms with E-state index in [1.807, 2.05) is 0 Å². The van der Waals surface area contributed by atoms with E-state index in [1.165, 1.54) is 42.6 Å². The van der Waals surface area contributed by atoms with Gasteiger partial charge in [-0.25, -0.2) is 14.6 Å². The molecule has 3 aromatic rings. The number of halogens is 2. The van der Waals surface area contributed by atoms with Gasteiger partial charge in [0.25, 0.3) is 5.91 Å². The van der Waals surface area contributed by atoms with Crippen molar-refractivity contribution in [2.45, 2.75) is 6.92 Å². The van der Waals surface area contributed by atoms with Crippen molar-refractivity contribution in [3.63, 3.8) is 0 Å². The van der Waals surface area contributed by atoms with E-state index in [0.717, 1.165) is 12.1 Å². The molecule has 0 aromatic heterocycles. The fourth-order valence-corrected chi connectivity index (χ4v) is 2.79. The molecule has 0 saturated heterocycles. The zero-order valence-corrected chi connectivity index (χ0v) is 17.6. The predicted octanol–water partition coefficient (Wildman–Crippen LogP) is 4.57. The summed E-state index contributed by atoms with van der Waals surface area (Å²) in [6.07, 6.45) is 1.35. The second kappa shape index (κ2) is 10.4. The minimum atomic E-state index is -0.666. The third-order valence-electron chi connectivity index (χ3n) is 4.13. The van der Waals surface area contributed by atoms with E-state index in [4.69, 9.17) is 21.1 Å². The first kappa shape index (κ1) is 22.8. The summed E-state index contributed by atoms with van der Waals surface area (Å²) >= 11 is 5.84. The van der Waals surface area contributed by atoms with Gasteiger partial charge < -0.3 is 14.6 Å². The van der Waals surface area contributed by atoms with E-state index >= 15 is 0 Å². The van der Waals surface area contributed by atoms with Gasteiger partial charge in [0.15, 0.2) is 11.5 Å². The van der Waals surface area contributed by atoms with Crippen LogP contribution in [0, 0.1) is 5.82 Å². The monoisotopic (exact) mass is 456 g/mol. The van der Waals surface area contributed by atoms with E-state index in [9.17, 15) is 19.1 Å². The number of ether oxygens (including phenoxy) is 2. The Balaban J connectivity index is 1.72. The van der Waals surface area contributed by atoms with Crippen molar-refractivity contribution in [1.82, 2.24) is 5.43 Å². The second-order valence-electron chi connectivity index (χ2n) is 6.40. The fraction of sp³-hybridized carbons (Fsp3) is 0.0870. The molecule has 9 heteroatoms. The molecule has 0 heterocycles. The van der Waals surface area contributed by atoms with Crippen LogP contribution in [0.15, 0.2) is 65.8 Å². The topological polar surface area (TPSA) is 97.2 Å². The zero-order chi connectivity index (χ0) is 23.1. The first-order valence-electron chi connectivity index (χ1n) is 9.44. The van der Waals surface area contributed by atoms with E-state index in [-0.39, 0.29) is 28.4 Å². The molecule has 0 aliphatic carbocycles. The Morgan fingerprint density at radius 3 is 2.56 bits per heavy atom. The maximum atomic E-state index is 13.0. The molecule has 0 atom stereocenters. The molecule has 0 aliphatic rings. The van der Waals surface area contributed by atoms with Gasteiger partial charge >= 0.3 is 5.97 Å². The number of phenolic OH excluding ortho intramolecular Hbond substituents is 1. The third-order valence-corrected chi connectivity index (χ3v) is 4.37. The molecule has 1 amide bonds. The van der Waals surface area contributed by atoms with Gasteiger partial charge in [0, 0.05) is 5.02 Å². The summed E-state index contributed by atoms with van der Waals surface area (Å²) in [5.41, 5.74) is 3.01. The number of benzene rings is 3. The predicted molar refractivity (Wildman–Crippen MR) is 117 cm³/mol. The molecule has 0 saturated carbocycles. The van der Waals surface area contributed by atoms with Crippen LogP contribution in [0.1, 0.15) is 33.2 Å². The average molecular weight is 457 g/mol. The Labute approximate surface area is 188 Å². The van der Waals surface area contributed by atoms with Crippen LogP contribution in [0.2, 0.25) is 5.02 Å². The smallest absolute Gasteiger partial charge is 0.343 e. The fourth-order valence-electron chi connectivity index (χ4n) is 2.62. The first-order chi connectivity index (χ1) is 15.4. The van der Waals surface area contributed by atoms with Gasteiger partial charge in [-0.1, -0.05) is 11.6 Å². The molecular weight excluding hydrogens is 439 g/mol. The zero-order valence-electron chi connectivity index (χ0n) is 16.8. The molecule has 0 spiro atoms. The lowest BCUT2D eigenvalue weighted by Gasteiger charge is -2.11. The van der Waals surface area contributed by atoms with Crippen molar-refractivity contribution in [3.8, 4) is 17.2 Å². The van der Waals surface area contributed by atoms with Gasteiger partial charge in [0.1, 0.15) is 11.6 Å². The highest BCUT2D eigenvalue weighted by atomic mass is 35.5. The number of hydrazone groups is 1. The molecule has 0 radical (unpaired) electrons. The highest BCUT2D eigenvalue weighted by Gasteiger charge is 2.14. The van der Waals surface area contributed by atoms with Gasteiger partial charge in [0.05, 0.1) is 23.9 Å². The first-order valence-corrected chi connectivity index (χ1v) is 9.81. The maximum Gasteiger partial charge on any atom is 0.343 e. The molecule has 2 N–H and O–H groups in total. The molecule has 164 valence electrons. The molecular formula is C23H18ClFN2O5. The largest absolute Gasteiger partial charge is 0.507 e. The number of nitrogens with one attached hydrogen (secondary N) is 1. The molecule has 32 heavy (non-hydrogen) atoms. The number of aromatic hydroxyl groups is 1. The van der Waals surface area contributed by atoms with Crippen LogP contribution >= 0.6 is 11.6 Å². The number of carbonyl (C=O) groups is 2. The van der Waals surface area contributed by atoms with Crippen LogP contribution in [0.4, 0.5) is 4.39 Å². The Morgan fingerprint density at radius 1 is 1.09 bits per heavy atom. The summed E-state index contributed by atoms with van der Waals surface area (Å²) in [5.74, 6) is -1.54. The van der Waals surface area contributed by atoms with Crippen molar-refractivity contribution in [3.05, 3.63) is 88.2 Å². The van der Waals surface area contributed by atoms with Crippen molar-refractivity contribution in [2.24, 2.45) is 5.10 Å². The Morgan fingerprint density at radius 2 is 1.84 bits per heavy atom. The highest BCUT2D eigenvalue weighted by Crippen LogP contribution is 2.29. The van der Waals surface area contributed by atoms with E-state index in [2.05, 4.69) is 10.5 Å². The molecule has 3 rings (SSSR count). The number of carbonyl (C=O) groups excluding carboxylic acids is 2. The number of phenols is 1. The maximum absolute atomic E-state index is 13.0. The molecule has 0 unspecified atom stereocenters. The lowest BCUT2D eigenvalue weighted by Crippen LogP contribution is -2.17. The van der Waals surface area contributed by atoms with Gasteiger partial charge in [-0.05, 0) is 73.2 Å². The number of hydrogen-bond acceptors (Lipinski definition) is 6. The van der Waals surface area contributed by atoms with Crippen LogP contribution in [0.25, 0.3) is 0 Å². The van der Waals surface area contributed by atoms with Crippen molar-refractivity contribution >= 4 is 29.7 Å². The van der Waals surface area contributed by atoms with Gasteiger partial charge in [-0.15, -0.1) is 0 Å². The molecule has 0 fully saturated rings. The summed E-state index contributed by atoms with van der Waals surface area (Å²) in [6.45, 7) is 2.08. The third kappa shape index (κ3) is 5.83. The van der Waals surface area contributed by atoms with E-state index < -0.39 is 17.7 Å². The highest BCUT2D eigenvalue weighted by molar-refractivity contribution is 6.31. The molecule has 3 aromatic carbocycles.